The highest BCUT2D eigenvalue weighted by atomic mass is 16.1. The van der Waals surface area contributed by atoms with Gasteiger partial charge in [0.1, 0.15) is 0 Å². The molecule has 1 N–H and O–H groups in total. The summed E-state index contributed by atoms with van der Waals surface area (Å²) in [7, 11) is 0. The fourth-order valence-electron chi connectivity index (χ4n) is 1.47. The van der Waals surface area contributed by atoms with Gasteiger partial charge in [-0.2, -0.15) is 0 Å². The highest BCUT2D eigenvalue weighted by Gasteiger charge is 2.09. The molecule has 0 rings (SSSR count). The summed E-state index contributed by atoms with van der Waals surface area (Å²) in [5.74, 6) is 0.215. The fraction of sp³-hybridized carbons (Fsp3) is 0.933. The van der Waals surface area contributed by atoms with Crippen molar-refractivity contribution in [3.05, 3.63) is 0 Å². The third-order valence-electron chi connectivity index (χ3n) is 2.40. The second-order valence-corrected chi connectivity index (χ2v) is 5.47. The Balaban J connectivity index is 0. The molecule has 0 aromatic rings. The Kier molecular flexibility index (Phi) is 13.2. The van der Waals surface area contributed by atoms with Crippen LogP contribution in [0.2, 0.25) is 0 Å². The van der Waals surface area contributed by atoms with E-state index < -0.39 is 0 Å². The summed E-state index contributed by atoms with van der Waals surface area (Å²) in [4.78, 5) is 11.3. The van der Waals surface area contributed by atoms with Gasteiger partial charge in [0.2, 0.25) is 5.91 Å². The van der Waals surface area contributed by atoms with Gasteiger partial charge in [0.05, 0.1) is 0 Å². The van der Waals surface area contributed by atoms with Gasteiger partial charge < -0.3 is 5.32 Å². The topological polar surface area (TPSA) is 29.1 Å². The molecule has 2 heteroatoms. The highest BCUT2D eigenvalue weighted by molar-refractivity contribution is 5.75. The van der Waals surface area contributed by atoms with E-state index in [0.29, 0.717) is 11.8 Å². The van der Waals surface area contributed by atoms with E-state index in [9.17, 15) is 4.79 Å². The molecule has 2 nitrogen and oxygen atoms in total. The lowest BCUT2D eigenvalue weighted by atomic mass is 9.89. The SMILES string of the molecule is CC.CCCNC(=O)CCCCCC(C)(C)C. The zero-order valence-corrected chi connectivity index (χ0v) is 12.9. The highest BCUT2D eigenvalue weighted by Crippen LogP contribution is 2.22. The van der Waals surface area contributed by atoms with Crippen LogP contribution in [0, 0.1) is 5.41 Å². The van der Waals surface area contributed by atoms with Crippen molar-refractivity contribution in [2.24, 2.45) is 5.41 Å². The molecule has 0 aromatic carbocycles. The normalized spacial score (nSPS) is 10.5. The van der Waals surface area contributed by atoms with Gasteiger partial charge >= 0.3 is 0 Å². The predicted octanol–water partition coefficient (Wildman–Crippen LogP) is 4.54. The zero-order chi connectivity index (χ0) is 13.7. The van der Waals surface area contributed by atoms with Crippen LogP contribution in [0.15, 0.2) is 0 Å². The van der Waals surface area contributed by atoms with Gasteiger partial charge in [0.25, 0.3) is 0 Å². The van der Waals surface area contributed by atoms with Crippen LogP contribution in [0.5, 0.6) is 0 Å². The van der Waals surface area contributed by atoms with E-state index in [1.807, 2.05) is 13.8 Å². The van der Waals surface area contributed by atoms with Crippen LogP contribution in [0.3, 0.4) is 0 Å². The van der Waals surface area contributed by atoms with Crippen molar-refractivity contribution in [1.82, 2.24) is 5.32 Å². The van der Waals surface area contributed by atoms with E-state index in [2.05, 4.69) is 33.0 Å². The molecule has 0 atom stereocenters. The maximum absolute atomic E-state index is 11.3. The molecule has 0 radical (unpaired) electrons. The third kappa shape index (κ3) is 18.1. The molecule has 0 saturated heterocycles. The lowest BCUT2D eigenvalue weighted by molar-refractivity contribution is -0.121. The minimum Gasteiger partial charge on any atom is -0.356 e. The van der Waals surface area contributed by atoms with Crippen molar-refractivity contribution in [3.8, 4) is 0 Å². The number of nitrogens with one attached hydrogen (secondary N) is 1. The van der Waals surface area contributed by atoms with Gasteiger partial charge in [-0.05, 0) is 24.7 Å². The molecule has 0 unspecified atom stereocenters. The van der Waals surface area contributed by atoms with Gasteiger partial charge in [-0.3, -0.25) is 4.79 Å². The van der Waals surface area contributed by atoms with Gasteiger partial charge in [-0.15, -0.1) is 0 Å². The van der Waals surface area contributed by atoms with Crippen LogP contribution >= 0.6 is 0 Å². The van der Waals surface area contributed by atoms with Crippen molar-refractivity contribution < 1.29 is 4.79 Å². The zero-order valence-electron chi connectivity index (χ0n) is 12.9. The van der Waals surface area contributed by atoms with Gasteiger partial charge in [-0.1, -0.05) is 54.4 Å². The van der Waals surface area contributed by atoms with E-state index in [1.54, 1.807) is 0 Å². The number of unbranched alkanes of at least 4 members (excludes halogenated alkanes) is 2. The summed E-state index contributed by atoms with van der Waals surface area (Å²) in [6.07, 6.45) is 6.43. The Labute approximate surface area is 109 Å². The van der Waals surface area contributed by atoms with Crippen LogP contribution < -0.4 is 5.32 Å². The predicted molar refractivity (Wildman–Crippen MR) is 77.2 cm³/mol. The first kappa shape index (κ1) is 18.8. The van der Waals surface area contributed by atoms with Crippen molar-refractivity contribution >= 4 is 5.91 Å². The van der Waals surface area contributed by atoms with Gasteiger partial charge in [0, 0.05) is 13.0 Å². The largest absolute Gasteiger partial charge is 0.356 e. The van der Waals surface area contributed by atoms with E-state index in [4.69, 9.17) is 0 Å². The van der Waals surface area contributed by atoms with Crippen molar-refractivity contribution in [2.45, 2.75) is 80.1 Å². The van der Waals surface area contributed by atoms with E-state index in [0.717, 1.165) is 19.4 Å². The standard InChI is InChI=1S/C13H27NO.C2H6/c1-5-11-14-12(15)9-7-6-8-10-13(2,3)4;1-2/h5-11H2,1-4H3,(H,14,15);1-2H3. The molecular formula is C15H33NO. The molecule has 0 aromatic heterocycles. The first-order chi connectivity index (χ1) is 7.95. The Morgan fingerprint density at radius 1 is 1.06 bits per heavy atom. The summed E-state index contributed by atoms with van der Waals surface area (Å²) in [5, 5.41) is 2.90. The lowest BCUT2D eigenvalue weighted by Gasteiger charge is -2.17. The van der Waals surface area contributed by atoms with Crippen molar-refractivity contribution in [3.63, 3.8) is 0 Å². The molecule has 17 heavy (non-hydrogen) atoms. The molecule has 0 bridgehead atoms. The molecule has 0 saturated carbocycles. The maximum Gasteiger partial charge on any atom is 0.219 e. The minimum absolute atomic E-state index is 0.215. The smallest absolute Gasteiger partial charge is 0.219 e. The number of rotatable bonds is 7. The van der Waals surface area contributed by atoms with Crippen molar-refractivity contribution in [2.75, 3.05) is 6.54 Å². The first-order valence-electron chi connectivity index (χ1n) is 7.22. The number of carbonyl (C=O) groups excluding carboxylic acids is 1. The summed E-state index contributed by atoms with van der Waals surface area (Å²) in [5.41, 5.74) is 0.435. The molecule has 1 amide bonds. The van der Waals surface area contributed by atoms with Gasteiger partial charge in [0.15, 0.2) is 0 Å². The van der Waals surface area contributed by atoms with E-state index in [1.165, 1.54) is 19.3 Å². The second-order valence-electron chi connectivity index (χ2n) is 5.47. The summed E-state index contributed by atoms with van der Waals surface area (Å²) < 4.78 is 0. The van der Waals surface area contributed by atoms with Crippen LogP contribution in [-0.2, 0) is 4.79 Å². The quantitative estimate of drug-likeness (QED) is 0.654. The van der Waals surface area contributed by atoms with Crippen LogP contribution in [-0.4, -0.2) is 12.5 Å². The average molecular weight is 243 g/mol. The fourth-order valence-corrected chi connectivity index (χ4v) is 1.47. The molecule has 104 valence electrons. The molecule has 0 aliphatic rings. The number of hydrogen-bond donors (Lipinski definition) is 1. The number of amides is 1. The Morgan fingerprint density at radius 3 is 2.12 bits per heavy atom. The Bertz CT molecular complexity index is 170. The molecule has 0 aliphatic carbocycles. The second kappa shape index (κ2) is 11.9. The van der Waals surface area contributed by atoms with Crippen molar-refractivity contribution in [1.29, 1.82) is 0 Å². The number of carbonyl (C=O) groups is 1. The average Bonchev–Trinajstić information content (AvgIpc) is 2.27. The monoisotopic (exact) mass is 243 g/mol. The van der Waals surface area contributed by atoms with Gasteiger partial charge in [-0.25, -0.2) is 0 Å². The molecule has 0 aliphatic heterocycles. The van der Waals surface area contributed by atoms with E-state index in [-0.39, 0.29) is 5.91 Å². The molecule has 0 fully saturated rings. The third-order valence-corrected chi connectivity index (χ3v) is 2.40. The summed E-state index contributed by atoms with van der Waals surface area (Å²) in [6, 6.07) is 0. The summed E-state index contributed by atoms with van der Waals surface area (Å²) >= 11 is 0. The molecular weight excluding hydrogens is 210 g/mol. The first-order valence-corrected chi connectivity index (χ1v) is 7.22. The van der Waals surface area contributed by atoms with E-state index >= 15 is 0 Å². The molecule has 0 heterocycles. The van der Waals surface area contributed by atoms with Crippen LogP contribution in [0.4, 0.5) is 0 Å². The van der Waals surface area contributed by atoms with Crippen LogP contribution in [0.1, 0.15) is 80.1 Å². The Morgan fingerprint density at radius 2 is 1.65 bits per heavy atom. The van der Waals surface area contributed by atoms with Crippen LogP contribution in [0.25, 0.3) is 0 Å². The number of hydrogen-bond acceptors (Lipinski definition) is 1. The molecule has 0 spiro atoms. The summed E-state index contributed by atoms with van der Waals surface area (Å²) in [6.45, 7) is 13.7. The maximum atomic E-state index is 11.3. The minimum atomic E-state index is 0.215. The lowest BCUT2D eigenvalue weighted by Crippen LogP contribution is -2.23. The Hall–Kier alpha value is -0.530.